The first-order valence-electron chi connectivity index (χ1n) is 22.8. The molecular weight excluding hydrogens is 831 g/mol. The van der Waals surface area contributed by atoms with Crippen LogP contribution in [0.3, 0.4) is 0 Å². The van der Waals surface area contributed by atoms with E-state index in [0.717, 1.165) is 77.6 Å². The summed E-state index contributed by atoms with van der Waals surface area (Å²) in [5.41, 5.74) is 15.8. The number of pyridine rings is 1. The lowest BCUT2D eigenvalue weighted by Crippen LogP contribution is -2.04. The van der Waals surface area contributed by atoms with Gasteiger partial charge in [0.1, 0.15) is 11.3 Å². The summed E-state index contributed by atoms with van der Waals surface area (Å²) in [7, 11) is 0. The van der Waals surface area contributed by atoms with E-state index in [-0.39, 0.29) is 0 Å². The highest BCUT2D eigenvalue weighted by atomic mass is 16.3. The van der Waals surface area contributed by atoms with Crippen molar-refractivity contribution >= 4 is 43.9 Å². The molecule has 0 N–H and O–H groups in total. The van der Waals surface area contributed by atoms with Crippen LogP contribution in [0, 0.1) is 0 Å². The smallest absolute Gasteiger partial charge is 0.227 e. The maximum absolute atomic E-state index is 6.26. The first kappa shape index (κ1) is 39.1. The zero-order valence-corrected chi connectivity index (χ0v) is 36.7. The van der Waals surface area contributed by atoms with Crippen molar-refractivity contribution in [1.82, 2.24) is 24.5 Å². The lowest BCUT2D eigenvalue weighted by atomic mass is 9.92. The van der Waals surface area contributed by atoms with E-state index in [1.165, 1.54) is 21.9 Å². The molecule has 0 fully saturated rings. The molecule has 0 spiro atoms. The van der Waals surface area contributed by atoms with Gasteiger partial charge in [-0.25, -0.2) is 19.9 Å². The number of fused-ring (bicyclic) bond motifs is 6. The number of benzene rings is 9. The van der Waals surface area contributed by atoms with Gasteiger partial charge in [0, 0.05) is 43.8 Å². The van der Waals surface area contributed by atoms with Crippen LogP contribution in [-0.2, 0) is 0 Å². The van der Waals surface area contributed by atoms with Gasteiger partial charge in [-0.2, -0.15) is 0 Å². The van der Waals surface area contributed by atoms with Crippen molar-refractivity contribution in [3.8, 4) is 84.5 Å². The summed E-state index contributed by atoms with van der Waals surface area (Å²) >= 11 is 0. The lowest BCUT2D eigenvalue weighted by molar-refractivity contribution is 0.654. The fraction of sp³-hybridized carbons (Fsp3) is 0. The predicted octanol–water partition coefficient (Wildman–Crippen LogP) is 15.9. The summed E-state index contributed by atoms with van der Waals surface area (Å²) in [6.07, 6.45) is 0. The Labute approximate surface area is 392 Å². The summed E-state index contributed by atoms with van der Waals surface area (Å²) in [5.74, 6) is 1.53. The van der Waals surface area contributed by atoms with E-state index < -0.39 is 0 Å². The van der Waals surface area contributed by atoms with E-state index >= 15 is 0 Å². The normalized spacial score (nSPS) is 11.5. The Morgan fingerprint density at radius 3 is 1.29 bits per heavy atom. The highest BCUT2D eigenvalue weighted by Crippen LogP contribution is 2.45. The molecule has 0 saturated heterocycles. The number of furan rings is 1. The number of aromatic nitrogens is 5. The van der Waals surface area contributed by atoms with Crippen LogP contribution in [0.1, 0.15) is 0 Å². The van der Waals surface area contributed by atoms with Crippen molar-refractivity contribution in [3.63, 3.8) is 0 Å². The fourth-order valence-corrected chi connectivity index (χ4v) is 9.63. The SMILES string of the molecule is c1ccc(-c2ccc3c(c2)c2cc(-c4ccccc4)ccc2n3-c2c(-c3ccccc3)cc(-c3nc(-c4ccccc4)nc(-c4ccc5c(n4)oc4ccccc45)n3)cc2-c2ccccc2)cc1. The second-order valence-corrected chi connectivity index (χ2v) is 17.0. The average molecular weight is 870 g/mol. The molecule has 4 heterocycles. The first-order chi connectivity index (χ1) is 33.7. The predicted molar refractivity (Wildman–Crippen MR) is 277 cm³/mol. The minimum Gasteiger partial charge on any atom is -0.438 e. The Balaban J connectivity index is 1.10. The third-order valence-corrected chi connectivity index (χ3v) is 12.9. The zero-order valence-electron chi connectivity index (χ0n) is 36.7. The molecule has 68 heavy (non-hydrogen) atoms. The summed E-state index contributed by atoms with van der Waals surface area (Å²) in [4.78, 5) is 20.6. The van der Waals surface area contributed by atoms with E-state index in [2.05, 4.69) is 180 Å². The van der Waals surface area contributed by atoms with Gasteiger partial charge < -0.3 is 8.98 Å². The highest BCUT2D eigenvalue weighted by Gasteiger charge is 2.24. The first-order valence-corrected chi connectivity index (χ1v) is 22.8. The van der Waals surface area contributed by atoms with Crippen LogP contribution < -0.4 is 0 Å². The Kier molecular flexibility index (Phi) is 9.39. The van der Waals surface area contributed by atoms with Gasteiger partial charge in [0.15, 0.2) is 17.5 Å². The van der Waals surface area contributed by atoms with Gasteiger partial charge >= 0.3 is 0 Å². The van der Waals surface area contributed by atoms with Crippen LogP contribution in [0.2, 0.25) is 0 Å². The Morgan fingerprint density at radius 2 is 0.750 bits per heavy atom. The third-order valence-electron chi connectivity index (χ3n) is 12.9. The molecular formula is C62H39N5O. The molecule has 0 radical (unpaired) electrons. The van der Waals surface area contributed by atoms with Crippen LogP contribution in [0.25, 0.3) is 128 Å². The van der Waals surface area contributed by atoms with Gasteiger partial charge in [0.25, 0.3) is 0 Å². The number of hydrogen-bond donors (Lipinski definition) is 0. The molecule has 0 bridgehead atoms. The molecule has 9 aromatic carbocycles. The van der Waals surface area contributed by atoms with Gasteiger partial charge in [-0.3, -0.25) is 0 Å². The van der Waals surface area contributed by atoms with E-state index in [4.69, 9.17) is 24.4 Å². The van der Waals surface area contributed by atoms with E-state index in [1.807, 2.05) is 60.7 Å². The molecule has 0 aliphatic carbocycles. The average Bonchev–Trinajstić information content (AvgIpc) is 3.96. The number of nitrogens with zero attached hydrogens (tertiary/aromatic N) is 5. The molecule has 0 aliphatic rings. The summed E-state index contributed by atoms with van der Waals surface area (Å²) in [6, 6.07) is 82.9. The third kappa shape index (κ3) is 6.82. The van der Waals surface area contributed by atoms with Gasteiger partial charge in [0.05, 0.1) is 16.7 Å². The quantitative estimate of drug-likeness (QED) is 0.152. The van der Waals surface area contributed by atoms with Crippen LogP contribution in [0.5, 0.6) is 0 Å². The summed E-state index contributed by atoms with van der Waals surface area (Å²) in [5, 5.41) is 4.30. The Bertz CT molecular complexity index is 3840. The molecule has 6 heteroatoms. The maximum Gasteiger partial charge on any atom is 0.227 e. The van der Waals surface area contributed by atoms with Crippen molar-refractivity contribution < 1.29 is 4.42 Å². The molecule has 13 rings (SSSR count). The molecule has 0 saturated carbocycles. The van der Waals surface area contributed by atoms with Crippen molar-refractivity contribution in [3.05, 3.63) is 237 Å². The van der Waals surface area contributed by atoms with Crippen LogP contribution in [-0.4, -0.2) is 24.5 Å². The summed E-state index contributed by atoms with van der Waals surface area (Å²) < 4.78 is 8.72. The standard InChI is InChI=1S/C62H39N5O/c1-6-18-40(19-7-1)45-30-34-55-52(36-45)53-37-46(41-20-8-2-9-21-41)31-35-56(53)67(55)58-50(42-22-10-3-11-23-42)38-47(39-51(58)43-24-12-4-13-25-43)60-64-59(44-26-14-5-15-27-44)65-61(66-60)54-33-32-49-48-28-16-17-29-57(48)68-62(49)63-54/h1-39H. The second kappa shape index (κ2) is 16.3. The van der Waals surface area contributed by atoms with Gasteiger partial charge in [-0.05, 0) is 88.0 Å². The summed E-state index contributed by atoms with van der Waals surface area (Å²) in [6.45, 7) is 0. The number of hydrogen-bond acceptors (Lipinski definition) is 5. The fourth-order valence-electron chi connectivity index (χ4n) is 9.63. The second-order valence-electron chi connectivity index (χ2n) is 17.0. The van der Waals surface area contributed by atoms with E-state index in [1.54, 1.807) is 0 Å². The van der Waals surface area contributed by atoms with Crippen LogP contribution >= 0.6 is 0 Å². The molecule has 6 nitrogen and oxygen atoms in total. The number of rotatable bonds is 8. The maximum atomic E-state index is 6.26. The zero-order chi connectivity index (χ0) is 45.0. The Hall–Kier alpha value is -9.26. The van der Waals surface area contributed by atoms with Gasteiger partial charge in [-0.1, -0.05) is 182 Å². The molecule has 0 amide bonds. The lowest BCUT2D eigenvalue weighted by Gasteiger charge is -2.21. The van der Waals surface area contributed by atoms with Crippen molar-refractivity contribution in [2.24, 2.45) is 0 Å². The molecule has 0 atom stereocenters. The van der Waals surface area contributed by atoms with Gasteiger partial charge in [0.2, 0.25) is 5.71 Å². The van der Waals surface area contributed by atoms with Crippen molar-refractivity contribution in [1.29, 1.82) is 0 Å². The minimum absolute atomic E-state index is 0.452. The van der Waals surface area contributed by atoms with Gasteiger partial charge in [-0.15, -0.1) is 0 Å². The van der Waals surface area contributed by atoms with Crippen LogP contribution in [0.15, 0.2) is 241 Å². The topological polar surface area (TPSA) is 69.6 Å². The minimum atomic E-state index is 0.452. The molecule has 318 valence electrons. The monoisotopic (exact) mass is 869 g/mol. The molecule has 4 aromatic heterocycles. The molecule has 13 aromatic rings. The number of para-hydroxylation sites is 1. The molecule has 0 aliphatic heterocycles. The van der Waals surface area contributed by atoms with E-state index in [9.17, 15) is 0 Å². The van der Waals surface area contributed by atoms with Crippen molar-refractivity contribution in [2.75, 3.05) is 0 Å². The largest absolute Gasteiger partial charge is 0.438 e. The molecule has 0 unspecified atom stereocenters. The Morgan fingerprint density at radius 1 is 0.294 bits per heavy atom. The highest BCUT2D eigenvalue weighted by molar-refractivity contribution is 6.13. The van der Waals surface area contributed by atoms with Crippen molar-refractivity contribution in [2.45, 2.75) is 0 Å². The van der Waals surface area contributed by atoms with E-state index in [0.29, 0.717) is 28.9 Å². The van der Waals surface area contributed by atoms with Crippen LogP contribution in [0.4, 0.5) is 0 Å².